The predicted octanol–water partition coefficient (Wildman–Crippen LogP) is 4.32. The number of nitrogen functional groups attached to an aromatic ring is 2. The number of nitrogens with zero attached hydrogens (tertiary/aromatic N) is 2. The monoisotopic (exact) mass is 420 g/mol. The number of aromatic hydroxyl groups is 1. The minimum absolute atomic E-state index is 0.157. The summed E-state index contributed by atoms with van der Waals surface area (Å²) in [6.45, 7) is 2.47. The molecule has 162 valence electrons. The van der Waals surface area contributed by atoms with Crippen molar-refractivity contribution in [1.82, 2.24) is 9.97 Å². The largest absolute Gasteiger partial charge is 0.508 e. The van der Waals surface area contributed by atoms with Crippen molar-refractivity contribution in [3.63, 3.8) is 0 Å². The van der Waals surface area contributed by atoms with Gasteiger partial charge in [0.1, 0.15) is 23.1 Å². The number of hydrogen-bond acceptors (Lipinski definition) is 7. The molecule has 1 fully saturated rings. The predicted molar refractivity (Wildman–Crippen MR) is 121 cm³/mol. The summed E-state index contributed by atoms with van der Waals surface area (Å²) in [6.07, 6.45) is 6.81. The number of ether oxygens (including phenoxy) is 2. The van der Waals surface area contributed by atoms with Gasteiger partial charge in [0.15, 0.2) is 0 Å². The Balaban J connectivity index is 1.79. The number of nitrogens with two attached hydrogens (primary N) is 2. The molecule has 7 heteroatoms. The summed E-state index contributed by atoms with van der Waals surface area (Å²) >= 11 is 0. The van der Waals surface area contributed by atoms with Crippen molar-refractivity contribution >= 4 is 11.8 Å². The molecular formula is C24H28N4O3. The van der Waals surface area contributed by atoms with Gasteiger partial charge in [0.25, 0.3) is 0 Å². The van der Waals surface area contributed by atoms with Gasteiger partial charge in [0.2, 0.25) is 5.95 Å². The third kappa shape index (κ3) is 4.82. The normalized spacial score (nSPS) is 14.0. The van der Waals surface area contributed by atoms with Crippen LogP contribution in [0.15, 0.2) is 42.6 Å². The topological polar surface area (TPSA) is 117 Å². The zero-order chi connectivity index (χ0) is 21.8. The minimum Gasteiger partial charge on any atom is -0.508 e. The van der Waals surface area contributed by atoms with E-state index in [1.165, 1.54) is 12.8 Å². The number of benzene rings is 2. The molecule has 0 saturated heterocycles. The first-order valence-corrected chi connectivity index (χ1v) is 10.7. The molecule has 7 nitrogen and oxygen atoms in total. The number of phenols is 1. The highest BCUT2D eigenvalue weighted by molar-refractivity contribution is 5.78. The Morgan fingerprint density at radius 1 is 1.06 bits per heavy atom. The fourth-order valence-corrected chi connectivity index (χ4v) is 4.00. The van der Waals surface area contributed by atoms with Gasteiger partial charge in [-0.05, 0) is 68.0 Å². The zero-order valence-corrected chi connectivity index (χ0v) is 17.7. The van der Waals surface area contributed by atoms with Crippen molar-refractivity contribution in [3.8, 4) is 28.4 Å². The van der Waals surface area contributed by atoms with Crippen molar-refractivity contribution in [3.05, 3.63) is 53.7 Å². The fourth-order valence-electron chi connectivity index (χ4n) is 4.00. The molecule has 0 radical (unpaired) electrons. The van der Waals surface area contributed by atoms with Crippen LogP contribution in [-0.4, -0.2) is 27.8 Å². The van der Waals surface area contributed by atoms with E-state index in [1.54, 1.807) is 18.3 Å². The number of hydrogen-bond donors (Lipinski definition) is 3. The second-order valence-corrected chi connectivity index (χ2v) is 7.79. The van der Waals surface area contributed by atoms with E-state index in [-0.39, 0.29) is 17.8 Å². The standard InChI is InChI=1S/C24H28N4O3/c1-2-30-20-12-15(11-17-14-27-24(26)28-23(17)25)13-21(31-19-5-3-4-6-19)22(20)16-7-9-18(29)10-8-16/h7-10,12-14,19,29H,2-6,11H2,1H3,(H4,25,26,27,28). The summed E-state index contributed by atoms with van der Waals surface area (Å²) in [4.78, 5) is 8.14. The molecule has 4 rings (SSSR count). The smallest absolute Gasteiger partial charge is 0.221 e. The third-order valence-corrected chi connectivity index (χ3v) is 5.49. The Morgan fingerprint density at radius 2 is 1.77 bits per heavy atom. The summed E-state index contributed by atoms with van der Waals surface area (Å²) in [7, 11) is 0. The second-order valence-electron chi connectivity index (χ2n) is 7.79. The first-order valence-electron chi connectivity index (χ1n) is 10.7. The first-order chi connectivity index (χ1) is 15.0. The molecule has 31 heavy (non-hydrogen) atoms. The molecular weight excluding hydrogens is 392 g/mol. The van der Waals surface area contributed by atoms with Crippen LogP contribution in [0.25, 0.3) is 11.1 Å². The van der Waals surface area contributed by atoms with E-state index in [2.05, 4.69) is 9.97 Å². The van der Waals surface area contributed by atoms with Crippen LogP contribution in [0.1, 0.15) is 43.7 Å². The van der Waals surface area contributed by atoms with Gasteiger partial charge in [-0.1, -0.05) is 12.1 Å². The van der Waals surface area contributed by atoms with Gasteiger partial charge in [-0.25, -0.2) is 4.98 Å². The average molecular weight is 421 g/mol. The minimum atomic E-state index is 0.157. The Kier molecular flexibility index (Phi) is 6.11. The Hall–Kier alpha value is -3.48. The Morgan fingerprint density at radius 3 is 2.45 bits per heavy atom. The zero-order valence-electron chi connectivity index (χ0n) is 17.7. The fraction of sp³-hybridized carbons (Fsp3) is 0.333. The van der Waals surface area contributed by atoms with Crippen LogP contribution in [0.2, 0.25) is 0 Å². The number of rotatable bonds is 7. The van der Waals surface area contributed by atoms with E-state index in [0.29, 0.717) is 18.8 Å². The Labute approximate surface area is 182 Å². The summed E-state index contributed by atoms with van der Waals surface area (Å²) in [5.74, 6) is 2.24. The molecule has 1 saturated carbocycles. The number of phenolic OH excluding ortho intramolecular Hbond substituents is 1. The van der Waals surface area contributed by atoms with Gasteiger partial charge >= 0.3 is 0 Å². The maximum atomic E-state index is 9.73. The van der Waals surface area contributed by atoms with Gasteiger partial charge < -0.3 is 26.0 Å². The maximum absolute atomic E-state index is 9.73. The van der Waals surface area contributed by atoms with Gasteiger partial charge in [-0.15, -0.1) is 0 Å². The van der Waals surface area contributed by atoms with Crippen LogP contribution in [0.3, 0.4) is 0 Å². The van der Waals surface area contributed by atoms with E-state index >= 15 is 0 Å². The van der Waals surface area contributed by atoms with E-state index in [1.807, 2.05) is 31.2 Å². The molecule has 5 N–H and O–H groups in total. The molecule has 2 aromatic carbocycles. The number of anilines is 2. The third-order valence-electron chi connectivity index (χ3n) is 5.49. The van der Waals surface area contributed by atoms with Crippen LogP contribution in [-0.2, 0) is 6.42 Å². The molecule has 0 bridgehead atoms. The van der Waals surface area contributed by atoms with Crippen LogP contribution in [0.5, 0.6) is 17.2 Å². The van der Waals surface area contributed by atoms with E-state index in [4.69, 9.17) is 20.9 Å². The van der Waals surface area contributed by atoms with Crippen molar-refractivity contribution < 1.29 is 14.6 Å². The van der Waals surface area contributed by atoms with E-state index < -0.39 is 0 Å². The molecule has 0 aliphatic heterocycles. The van der Waals surface area contributed by atoms with Crippen molar-refractivity contribution in [1.29, 1.82) is 0 Å². The summed E-state index contributed by atoms with van der Waals surface area (Å²) in [5.41, 5.74) is 15.3. The quantitative estimate of drug-likeness (QED) is 0.521. The molecule has 0 atom stereocenters. The number of aromatic nitrogens is 2. The van der Waals surface area contributed by atoms with Crippen LogP contribution in [0, 0.1) is 0 Å². The molecule has 1 aliphatic carbocycles. The van der Waals surface area contributed by atoms with Gasteiger partial charge in [-0.3, -0.25) is 0 Å². The van der Waals surface area contributed by atoms with E-state index in [0.717, 1.165) is 46.6 Å². The summed E-state index contributed by atoms with van der Waals surface area (Å²) < 4.78 is 12.5. The van der Waals surface area contributed by atoms with Crippen molar-refractivity contribution in [2.24, 2.45) is 0 Å². The molecule has 1 aliphatic rings. The Bertz CT molecular complexity index is 1050. The lowest BCUT2D eigenvalue weighted by Gasteiger charge is -2.21. The lowest BCUT2D eigenvalue weighted by atomic mass is 9.98. The summed E-state index contributed by atoms with van der Waals surface area (Å²) in [6, 6.07) is 11.1. The molecule has 1 heterocycles. The van der Waals surface area contributed by atoms with Crippen LogP contribution >= 0.6 is 0 Å². The lowest BCUT2D eigenvalue weighted by Crippen LogP contribution is -2.12. The SMILES string of the molecule is CCOc1cc(Cc2cnc(N)nc2N)cc(OC2CCCC2)c1-c1ccc(O)cc1. The maximum Gasteiger partial charge on any atom is 0.221 e. The highest BCUT2D eigenvalue weighted by atomic mass is 16.5. The molecule has 0 unspecified atom stereocenters. The molecule has 0 spiro atoms. The van der Waals surface area contributed by atoms with Crippen molar-refractivity contribution in [2.75, 3.05) is 18.1 Å². The second kappa shape index (κ2) is 9.12. The molecule has 1 aromatic heterocycles. The highest BCUT2D eigenvalue weighted by Crippen LogP contribution is 2.42. The van der Waals surface area contributed by atoms with E-state index in [9.17, 15) is 5.11 Å². The molecule has 0 amide bonds. The highest BCUT2D eigenvalue weighted by Gasteiger charge is 2.22. The molecule has 3 aromatic rings. The van der Waals surface area contributed by atoms with Crippen molar-refractivity contribution in [2.45, 2.75) is 45.1 Å². The first kappa shape index (κ1) is 20.8. The van der Waals surface area contributed by atoms with Gasteiger partial charge in [0, 0.05) is 18.2 Å². The summed E-state index contributed by atoms with van der Waals surface area (Å²) in [5, 5.41) is 9.73. The van der Waals surface area contributed by atoms with Gasteiger partial charge in [-0.2, -0.15) is 4.98 Å². The van der Waals surface area contributed by atoms with Gasteiger partial charge in [0.05, 0.1) is 18.3 Å². The average Bonchev–Trinajstić information content (AvgIpc) is 3.24. The van der Waals surface area contributed by atoms with Crippen LogP contribution in [0.4, 0.5) is 11.8 Å². The van der Waals surface area contributed by atoms with Crippen LogP contribution < -0.4 is 20.9 Å². The lowest BCUT2D eigenvalue weighted by molar-refractivity contribution is 0.209.